The number of nitrogens with zero attached hydrogens (tertiary/aromatic N) is 2. The van der Waals surface area contributed by atoms with Crippen LogP contribution in [0.1, 0.15) is 38.2 Å². The normalized spacial score (nSPS) is 24.2. The van der Waals surface area contributed by atoms with E-state index in [2.05, 4.69) is 28.8 Å². The molecule has 1 amide bonds. The molecule has 0 aromatic heterocycles. The smallest absolute Gasteiger partial charge is 0.685 e. The molecule has 4 nitrogen and oxygen atoms in total. The molecule has 0 bridgehead atoms. The third kappa shape index (κ3) is 8.54. The molecule has 0 radical (unpaired) electrons. The molecule has 2 aliphatic rings. The maximum absolute atomic E-state index is 10.6. The minimum Gasteiger partial charge on any atom is -0.685 e. The second kappa shape index (κ2) is 12.1. The zero-order valence-electron chi connectivity index (χ0n) is 14.4. The fraction of sp³-hybridized carbons (Fsp3) is 0.450. The molecule has 1 heterocycles. The average Bonchev–Trinajstić information content (AvgIpc) is 2.59. The minimum absolute atomic E-state index is 0. The summed E-state index contributed by atoms with van der Waals surface area (Å²) in [5.74, 6) is -0.170. The number of rotatable bonds is 3. The van der Waals surface area contributed by atoms with Crippen LogP contribution in [0.2, 0.25) is 0 Å². The number of hydrogen-bond acceptors (Lipinski definition) is 2. The first kappa shape index (κ1) is 21.7. The first-order valence-electron chi connectivity index (χ1n) is 8.53. The van der Waals surface area contributed by atoms with Crippen molar-refractivity contribution in [2.45, 2.75) is 57.2 Å². The molecular weight excluding hydrogens is 497 g/mol. The number of aliphatic hydroxyl groups excluding tert-OH is 1. The number of carbonyl (C=O) groups excluding carboxylic acids is 1. The summed E-state index contributed by atoms with van der Waals surface area (Å²) in [5, 5.41) is 17.5. The number of allylic oxidation sites excluding steroid dienone is 2. The molecule has 1 aromatic carbocycles. The second-order valence-corrected chi connectivity index (χ2v) is 6.10. The summed E-state index contributed by atoms with van der Waals surface area (Å²) < 4.78 is 0. The fourth-order valence-corrected chi connectivity index (χ4v) is 2.83. The van der Waals surface area contributed by atoms with Gasteiger partial charge in [-0.3, -0.25) is 0 Å². The Morgan fingerprint density at radius 3 is 2.72 bits per heavy atom. The van der Waals surface area contributed by atoms with Gasteiger partial charge in [-0.05, 0) is 13.3 Å². The molecule has 3 unspecified atom stereocenters. The van der Waals surface area contributed by atoms with Crippen molar-refractivity contribution in [2.24, 2.45) is 0 Å². The van der Waals surface area contributed by atoms with Gasteiger partial charge in [0.1, 0.15) is 0 Å². The molecule has 3 atom stereocenters. The fourth-order valence-electron chi connectivity index (χ4n) is 2.83. The van der Waals surface area contributed by atoms with E-state index in [1.165, 1.54) is 12.5 Å². The molecule has 1 N–H and O–H groups in total. The molecule has 5 heteroatoms. The van der Waals surface area contributed by atoms with Crippen LogP contribution in [0.4, 0.5) is 0 Å². The molecule has 1 aliphatic carbocycles. The maximum Gasteiger partial charge on any atom is 3.00 e. The summed E-state index contributed by atoms with van der Waals surface area (Å²) in [4.78, 5) is 10.6. The van der Waals surface area contributed by atoms with E-state index in [1.807, 2.05) is 36.6 Å². The number of carbonyl (C=O) groups is 1. The Bertz CT molecular complexity index is 560. The SMILES string of the molecule is CC(=O)[N-]C1CCCCC1O.[Au+3].[c-]1ccccc1CC1C=CC=C[N-]1. The molecule has 1 saturated carbocycles. The first-order valence-corrected chi connectivity index (χ1v) is 8.53. The third-order valence-corrected chi connectivity index (χ3v) is 4.05. The number of hydrogen-bond donors (Lipinski definition) is 1. The average molecular weight is 522 g/mol. The van der Waals surface area contributed by atoms with Crippen LogP contribution < -0.4 is 0 Å². The van der Waals surface area contributed by atoms with Crippen molar-refractivity contribution in [3.8, 4) is 0 Å². The molecule has 0 spiro atoms. The van der Waals surface area contributed by atoms with Gasteiger partial charge in [0, 0.05) is 12.0 Å². The van der Waals surface area contributed by atoms with Crippen molar-refractivity contribution >= 4 is 5.91 Å². The zero-order valence-corrected chi connectivity index (χ0v) is 16.6. The van der Waals surface area contributed by atoms with E-state index in [9.17, 15) is 9.90 Å². The Hall–Kier alpha value is -1.33. The molecule has 0 saturated heterocycles. The van der Waals surface area contributed by atoms with Gasteiger partial charge in [-0.25, -0.2) is 0 Å². The molecule has 3 rings (SSSR count). The Morgan fingerprint density at radius 1 is 1.32 bits per heavy atom. The molecule has 1 aliphatic heterocycles. The summed E-state index contributed by atoms with van der Waals surface area (Å²) in [7, 11) is 0. The van der Waals surface area contributed by atoms with E-state index >= 15 is 0 Å². The van der Waals surface area contributed by atoms with Gasteiger partial charge >= 0.3 is 22.4 Å². The van der Waals surface area contributed by atoms with Crippen LogP contribution in [0.25, 0.3) is 10.6 Å². The molecule has 1 aromatic rings. The van der Waals surface area contributed by atoms with E-state index in [0.29, 0.717) is 6.04 Å². The topological polar surface area (TPSA) is 65.5 Å². The Labute approximate surface area is 166 Å². The monoisotopic (exact) mass is 522 g/mol. The van der Waals surface area contributed by atoms with Crippen molar-refractivity contribution in [2.75, 3.05) is 0 Å². The number of aliphatic hydroxyl groups is 1. The van der Waals surface area contributed by atoms with Crippen molar-refractivity contribution in [3.05, 3.63) is 71.0 Å². The number of amides is 1. The van der Waals surface area contributed by atoms with E-state index < -0.39 is 0 Å². The zero-order chi connectivity index (χ0) is 17.2. The van der Waals surface area contributed by atoms with E-state index in [-0.39, 0.29) is 40.4 Å². The maximum atomic E-state index is 10.6. The van der Waals surface area contributed by atoms with Gasteiger partial charge in [-0.2, -0.15) is 42.1 Å². The van der Waals surface area contributed by atoms with Crippen LogP contribution in [0, 0.1) is 6.07 Å². The van der Waals surface area contributed by atoms with Gasteiger partial charge in [0.25, 0.3) is 0 Å². The summed E-state index contributed by atoms with van der Waals surface area (Å²) >= 11 is 0. The Kier molecular flexibility index (Phi) is 10.5. The Balaban J connectivity index is 0.000000244. The van der Waals surface area contributed by atoms with Gasteiger partial charge in [-0.1, -0.05) is 56.0 Å². The van der Waals surface area contributed by atoms with E-state index in [4.69, 9.17) is 0 Å². The van der Waals surface area contributed by atoms with Gasteiger partial charge in [0.15, 0.2) is 0 Å². The predicted molar refractivity (Wildman–Crippen MR) is 96.7 cm³/mol. The van der Waals surface area contributed by atoms with Crippen LogP contribution in [-0.4, -0.2) is 29.2 Å². The van der Waals surface area contributed by atoms with Crippen molar-refractivity contribution in [1.29, 1.82) is 0 Å². The second-order valence-electron chi connectivity index (χ2n) is 6.10. The third-order valence-electron chi connectivity index (χ3n) is 4.05. The van der Waals surface area contributed by atoms with Crippen LogP contribution >= 0.6 is 0 Å². The van der Waals surface area contributed by atoms with Crippen LogP contribution in [-0.2, 0) is 33.6 Å². The Morgan fingerprint density at radius 2 is 2.12 bits per heavy atom. The van der Waals surface area contributed by atoms with Crippen molar-refractivity contribution in [1.82, 2.24) is 0 Å². The van der Waals surface area contributed by atoms with Gasteiger partial charge < -0.3 is 20.5 Å². The van der Waals surface area contributed by atoms with Crippen LogP contribution in [0.15, 0.2) is 48.7 Å². The quantitative estimate of drug-likeness (QED) is 0.481. The summed E-state index contributed by atoms with van der Waals surface area (Å²) in [6, 6.07) is 11.4. The van der Waals surface area contributed by atoms with Gasteiger partial charge in [0.05, 0.1) is 0 Å². The van der Waals surface area contributed by atoms with Gasteiger partial charge in [0.2, 0.25) is 0 Å². The first-order chi connectivity index (χ1) is 11.6. The summed E-state index contributed by atoms with van der Waals surface area (Å²) in [6.45, 7) is 1.43. The van der Waals surface area contributed by atoms with Crippen molar-refractivity contribution in [3.63, 3.8) is 0 Å². The number of benzene rings is 1. The largest absolute Gasteiger partial charge is 3.00 e. The van der Waals surface area contributed by atoms with E-state index in [0.717, 1.165) is 32.1 Å². The summed E-state index contributed by atoms with van der Waals surface area (Å²) in [5.41, 5.74) is 1.22. The molecule has 138 valence electrons. The predicted octanol–water partition coefficient (Wildman–Crippen LogP) is 4.06. The van der Waals surface area contributed by atoms with Crippen LogP contribution in [0.5, 0.6) is 0 Å². The van der Waals surface area contributed by atoms with Gasteiger partial charge in [-0.15, -0.1) is 0 Å². The van der Waals surface area contributed by atoms with Crippen LogP contribution in [0.3, 0.4) is 0 Å². The van der Waals surface area contributed by atoms with Crippen molar-refractivity contribution < 1.29 is 32.3 Å². The minimum atomic E-state index is -0.382. The molecular formula is C20H25AuN2O2. The molecule has 1 fully saturated rings. The summed E-state index contributed by atoms with van der Waals surface area (Å²) in [6.07, 6.45) is 12.3. The standard InChI is InChI=1S/C12H11N.C8H15NO2.Au/c1-2-6-11(7-3-1)10-12-8-4-5-9-13-12;1-6(10)9-7-4-2-3-5-8(7)11;/h1-6,8-9,12H,10H2;7-8,11H,2-5H2,1H3,(H,9,10);/q-2;;+3/p-1. The molecule has 25 heavy (non-hydrogen) atoms. The van der Waals surface area contributed by atoms with E-state index in [1.54, 1.807) is 0 Å².